The molecule has 0 radical (unpaired) electrons. The predicted octanol–water partition coefficient (Wildman–Crippen LogP) is 13.4. The van der Waals surface area contributed by atoms with E-state index in [1.165, 1.54) is 64.6 Å². The van der Waals surface area contributed by atoms with Crippen LogP contribution in [0.1, 0.15) is 0 Å². The first-order chi connectivity index (χ1) is 23.8. The van der Waals surface area contributed by atoms with Crippen LogP contribution in [0.3, 0.4) is 0 Å². The van der Waals surface area contributed by atoms with Gasteiger partial charge in [-0.3, -0.25) is 0 Å². The third-order valence-corrected chi connectivity index (χ3v) is 10.4. The van der Waals surface area contributed by atoms with Crippen molar-refractivity contribution in [3.8, 4) is 0 Å². The van der Waals surface area contributed by atoms with Gasteiger partial charge in [-0.05, 0) is 89.6 Å². The molecule has 2 heteroatoms. The molecular weight excluding hydrogens is 583 g/mol. The van der Waals surface area contributed by atoms with Gasteiger partial charge >= 0.3 is 0 Å². The highest BCUT2D eigenvalue weighted by Crippen LogP contribution is 2.48. The average Bonchev–Trinajstić information content (AvgIpc) is 3.54. The van der Waals surface area contributed by atoms with E-state index in [0.29, 0.717) is 0 Å². The summed E-state index contributed by atoms with van der Waals surface area (Å²) < 4.78 is 6.71. The van der Waals surface area contributed by atoms with Crippen LogP contribution in [0, 0.1) is 0 Å². The maximum Gasteiger partial charge on any atom is 0.159 e. The number of hydrogen-bond acceptors (Lipinski definition) is 2. The third-order valence-electron chi connectivity index (χ3n) is 10.4. The summed E-state index contributed by atoms with van der Waals surface area (Å²) in [6.07, 6.45) is 0. The second-order valence-electron chi connectivity index (χ2n) is 12.8. The van der Waals surface area contributed by atoms with E-state index in [1.54, 1.807) is 0 Å². The van der Waals surface area contributed by atoms with Gasteiger partial charge in [0.2, 0.25) is 0 Å². The van der Waals surface area contributed by atoms with Crippen molar-refractivity contribution in [3.05, 3.63) is 164 Å². The minimum atomic E-state index is 0.882. The van der Waals surface area contributed by atoms with Gasteiger partial charge in [0.25, 0.3) is 0 Å². The standard InChI is InChI=1S/C46H27NO/c1-2-13-34-32(11-1)33-12-3-4-14-35(33)40-27-31(23-25-36(34)40)47(42-17-8-16-38-37-15-5-6-18-43(37)48-46(38)42)41-26-22-30-20-19-28-9-7-10-29-21-24-39(41)45(30)44(28)29/h1-27H. The van der Waals surface area contributed by atoms with Gasteiger partial charge in [0.05, 0.1) is 11.4 Å². The minimum Gasteiger partial charge on any atom is -0.454 e. The Kier molecular flexibility index (Phi) is 5.14. The zero-order valence-corrected chi connectivity index (χ0v) is 25.9. The van der Waals surface area contributed by atoms with Gasteiger partial charge in [0.15, 0.2) is 5.58 Å². The third kappa shape index (κ3) is 3.46. The number of anilines is 3. The van der Waals surface area contributed by atoms with Gasteiger partial charge in [0, 0.05) is 21.8 Å². The van der Waals surface area contributed by atoms with Gasteiger partial charge in [-0.1, -0.05) is 133 Å². The Bertz CT molecular complexity index is 3030. The van der Waals surface area contributed by atoms with E-state index < -0.39 is 0 Å². The van der Waals surface area contributed by atoms with E-state index in [0.717, 1.165) is 39.0 Å². The van der Waals surface area contributed by atoms with Crippen molar-refractivity contribution in [1.29, 1.82) is 0 Å². The first-order valence-electron chi connectivity index (χ1n) is 16.5. The van der Waals surface area contributed by atoms with E-state index in [4.69, 9.17) is 4.42 Å². The zero-order chi connectivity index (χ0) is 31.3. The molecule has 1 aromatic heterocycles. The summed E-state index contributed by atoms with van der Waals surface area (Å²) in [5.41, 5.74) is 5.01. The molecule has 0 fully saturated rings. The molecule has 222 valence electrons. The highest BCUT2D eigenvalue weighted by atomic mass is 16.3. The minimum absolute atomic E-state index is 0.882. The van der Waals surface area contributed by atoms with E-state index in [1.807, 2.05) is 6.07 Å². The van der Waals surface area contributed by atoms with Crippen molar-refractivity contribution in [3.63, 3.8) is 0 Å². The normalized spacial score (nSPS) is 12.2. The molecule has 48 heavy (non-hydrogen) atoms. The van der Waals surface area contributed by atoms with E-state index in [2.05, 4.69) is 163 Å². The summed E-state index contributed by atoms with van der Waals surface area (Å²) in [6.45, 7) is 0. The fourth-order valence-corrected chi connectivity index (χ4v) is 8.27. The van der Waals surface area contributed by atoms with Crippen molar-refractivity contribution in [2.75, 3.05) is 4.90 Å². The molecule has 0 aliphatic rings. The monoisotopic (exact) mass is 609 g/mol. The Morgan fingerprint density at radius 1 is 0.333 bits per heavy atom. The van der Waals surface area contributed by atoms with Gasteiger partial charge in [-0.2, -0.15) is 0 Å². The molecule has 0 unspecified atom stereocenters. The van der Waals surface area contributed by atoms with Gasteiger partial charge < -0.3 is 9.32 Å². The van der Waals surface area contributed by atoms with Crippen molar-refractivity contribution < 1.29 is 4.42 Å². The Labute approximate surface area is 276 Å². The van der Waals surface area contributed by atoms with Crippen molar-refractivity contribution in [2.45, 2.75) is 0 Å². The summed E-state index contributed by atoms with van der Waals surface area (Å²) in [4.78, 5) is 2.42. The maximum absolute atomic E-state index is 6.71. The van der Waals surface area contributed by atoms with E-state index >= 15 is 0 Å². The van der Waals surface area contributed by atoms with E-state index in [9.17, 15) is 0 Å². The Morgan fingerprint density at radius 3 is 1.62 bits per heavy atom. The van der Waals surface area contributed by atoms with Gasteiger partial charge in [-0.15, -0.1) is 0 Å². The smallest absolute Gasteiger partial charge is 0.159 e. The number of fused-ring (bicyclic) bond motifs is 9. The molecule has 2 nitrogen and oxygen atoms in total. The van der Waals surface area contributed by atoms with Crippen LogP contribution >= 0.6 is 0 Å². The lowest BCUT2D eigenvalue weighted by Crippen LogP contribution is -2.11. The molecule has 10 aromatic carbocycles. The second-order valence-corrected chi connectivity index (χ2v) is 12.8. The molecule has 0 amide bonds. The lowest BCUT2D eigenvalue weighted by atomic mass is 9.92. The number of benzene rings is 10. The molecule has 0 saturated heterocycles. The number of para-hydroxylation sites is 2. The number of rotatable bonds is 3. The number of hydrogen-bond donors (Lipinski definition) is 0. The van der Waals surface area contributed by atoms with Crippen LogP contribution in [0.5, 0.6) is 0 Å². The Morgan fingerprint density at radius 2 is 0.875 bits per heavy atom. The molecule has 0 aliphatic heterocycles. The summed E-state index contributed by atoms with van der Waals surface area (Å²) in [6, 6.07) is 59.6. The molecule has 0 atom stereocenters. The second kappa shape index (κ2) is 9.57. The summed E-state index contributed by atoms with van der Waals surface area (Å²) in [5.74, 6) is 0. The largest absolute Gasteiger partial charge is 0.454 e. The molecule has 0 spiro atoms. The maximum atomic E-state index is 6.71. The number of nitrogens with zero attached hydrogens (tertiary/aromatic N) is 1. The van der Waals surface area contributed by atoms with Crippen LogP contribution in [0.2, 0.25) is 0 Å². The molecular formula is C46H27NO. The van der Waals surface area contributed by atoms with Crippen LogP contribution in [-0.4, -0.2) is 0 Å². The average molecular weight is 610 g/mol. The first-order valence-corrected chi connectivity index (χ1v) is 16.5. The lowest BCUT2D eigenvalue weighted by Gasteiger charge is -2.28. The van der Waals surface area contributed by atoms with Crippen LogP contribution in [0.4, 0.5) is 17.1 Å². The zero-order valence-electron chi connectivity index (χ0n) is 25.9. The van der Waals surface area contributed by atoms with Crippen molar-refractivity contribution in [1.82, 2.24) is 0 Å². The fraction of sp³-hybridized carbons (Fsp3) is 0. The molecule has 0 bridgehead atoms. The van der Waals surface area contributed by atoms with Crippen LogP contribution in [0.25, 0.3) is 86.6 Å². The summed E-state index contributed by atoms with van der Waals surface area (Å²) >= 11 is 0. The fourth-order valence-electron chi connectivity index (χ4n) is 8.27. The molecule has 11 aromatic rings. The van der Waals surface area contributed by atoms with Crippen LogP contribution in [-0.2, 0) is 0 Å². The van der Waals surface area contributed by atoms with Gasteiger partial charge in [-0.25, -0.2) is 0 Å². The summed E-state index contributed by atoms with van der Waals surface area (Å²) in [5, 5.41) is 17.4. The van der Waals surface area contributed by atoms with E-state index in [-0.39, 0.29) is 0 Å². The highest BCUT2D eigenvalue weighted by molar-refractivity contribution is 6.28. The quantitative estimate of drug-likeness (QED) is 0.185. The molecule has 11 rings (SSSR count). The lowest BCUT2D eigenvalue weighted by molar-refractivity contribution is 0.669. The SMILES string of the molecule is c1cc2ccc3ccc(N(c4ccc5c6ccccc6c6ccccc6c5c4)c4cccc5c4oc4ccccc45)c4ccc(c1)c2c34. The predicted molar refractivity (Wildman–Crippen MR) is 205 cm³/mol. The van der Waals surface area contributed by atoms with Gasteiger partial charge in [0.1, 0.15) is 5.58 Å². The summed E-state index contributed by atoms with van der Waals surface area (Å²) in [7, 11) is 0. The Hall–Kier alpha value is -6.38. The number of furan rings is 1. The molecule has 0 N–H and O–H groups in total. The van der Waals surface area contributed by atoms with Crippen LogP contribution in [0.15, 0.2) is 168 Å². The molecule has 0 saturated carbocycles. The Balaban J connectivity index is 1.28. The highest BCUT2D eigenvalue weighted by Gasteiger charge is 2.23. The van der Waals surface area contributed by atoms with Crippen LogP contribution < -0.4 is 4.90 Å². The first kappa shape index (κ1) is 25.8. The van der Waals surface area contributed by atoms with Crippen molar-refractivity contribution in [2.24, 2.45) is 0 Å². The topological polar surface area (TPSA) is 16.4 Å². The van der Waals surface area contributed by atoms with Crippen molar-refractivity contribution >= 4 is 104 Å². The molecule has 0 aliphatic carbocycles. The molecule has 1 heterocycles.